The molecule has 0 fully saturated rings. The van der Waals surface area contributed by atoms with Gasteiger partial charge in [0.1, 0.15) is 5.75 Å². The molecule has 0 aliphatic carbocycles. The Labute approximate surface area is 135 Å². The third kappa shape index (κ3) is 4.25. The Morgan fingerprint density at radius 2 is 1.23 bits per heavy atom. The first-order chi connectivity index (χ1) is 9.64. The number of carbonyl (C=O) groups is 1. The highest BCUT2D eigenvalue weighted by molar-refractivity contribution is 5.94. The Hall–Kier alpha value is -1.51. The number of rotatable bonds is 1. The van der Waals surface area contributed by atoms with Gasteiger partial charge in [0.2, 0.25) is 5.91 Å². The highest BCUT2D eigenvalue weighted by Gasteiger charge is 2.28. The zero-order valence-electron chi connectivity index (χ0n) is 15.5. The van der Waals surface area contributed by atoms with E-state index >= 15 is 0 Å². The Morgan fingerprint density at radius 1 is 0.864 bits per heavy atom. The lowest BCUT2D eigenvalue weighted by molar-refractivity contribution is -0.123. The van der Waals surface area contributed by atoms with E-state index < -0.39 is 5.41 Å². The summed E-state index contributed by atoms with van der Waals surface area (Å²) in [7, 11) is 0. The van der Waals surface area contributed by atoms with E-state index in [9.17, 15) is 9.90 Å². The molecule has 124 valence electrons. The van der Waals surface area contributed by atoms with Gasteiger partial charge in [-0.3, -0.25) is 4.79 Å². The minimum atomic E-state index is -0.457. The van der Waals surface area contributed by atoms with Gasteiger partial charge in [-0.15, -0.1) is 0 Å². The number of nitrogens with one attached hydrogen (secondary N) is 1. The number of aromatic hydroxyl groups is 1. The Kier molecular flexibility index (Phi) is 4.72. The van der Waals surface area contributed by atoms with Crippen LogP contribution in [0.3, 0.4) is 0 Å². The Bertz CT molecular complexity index is 532. The highest BCUT2D eigenvalue weighted by atomic mass is 16.3. The van der Waals surface area contributed by atoms with Gasteiger partial charge in [-0.1, -0.05) is 62.3 Å². The summed E-state index contributed by atoms with van der Waals surface area (Å²) in [6.45, 7) is 18.0. The van der Waals surface area contributed by atoms with Crippen LogP contribution in [0.25, 0.3) is 0 Å². The zero-order valence-corrected chi connectivity index (χ0v) is 15.5. The molecule has 0 aromatic heterocycles. The number of hydrogen-bond donors (Lipinski definition) is 2. The van der Waals surface area contributed by atoms with Crippen molar-refractivity contribution in [1.29, 1.82) is 0 Å². The van der Waals surface area contributed by atoms with E-state index in [1.54, 1.807) is 0 Å². The van der Waals surface area contributed by atoms with Gasteiger partial charge in [-0.05, 0) is 23.0 Å². The average molecular weight is 305 g/mol. The van der Waals surface area contributed by atoms with E-state index in [1.165, 1.54) is 0 Å². The highest BCUT2D eigenvalue weighted by Crippen LogP contribution is 2.41. The molecule has 1 aromatic rings. The summed E-state index contributed by atoms with van der Waals surface area (Å²) in [4.78, 5) is 12.3. The number of phenolic OH excluding ortho intramolecular Hbond substituents is 1. The largest absolute Gasteiger partial charge is 0.507 e. The summed E-state index contributed by atoms with van der Waals surface area (Å²) in [5, 5.41) is 13.6. The maximum absolute atomic E-state index is 12.3. The predicted octanol–water partition coefficient (Wildman–Crippen LogP) is 4.97. The van der Waals surface area contributed by atoms with Crippen LogP contribution in [0.1, 0.15) is 73.4 Å². The van der Waals surface area contributed by atoms with Crippen molar-refractivity contribution in [3.63, 3.8) is 0 Å². The molecule has 0 radical (unpaired) electrons. The molecular formula is C19H31NO2. The van der Waals surface area contributed by atoms with Gasteiger partial charge in [0.15, 0.2) is 0 Å². The minimum Gasteiger partial charge on any atom is -0.507 e. The molecule has 1 amide bonds. The molecule has 0 unspecified atom stereocenters. The molecule has 0 atom stereocenters. The Morgan fingerprint density at radius 3 is 1.50 bits per heavy atom. The summed E-state index contributed by atoms with van der Waals surface area (Å²) >= 11 is 0. The minimum absolute atomic E-state index is 0.0297. The topological polar surface area (TPSA) is 49.3 Å². The number of anilines is 1. The van der Waals surface area contributed by atoms with Gasteiger partial charge in [0, 0.05) is 22.2 Å². The fraction of sp³-hybridized carbons (Fsp3) is 0.632. The number of benzene rings is 1. The summed E-state index contributed by atoms with van der Waals surface area (Å²) in [6.07, 6.45) is 0. The first-order valence-corrected chi connectivity index (χ1v) is 7.83. The van der Waals surface area contributed by atoms with Crippen molar-refractivity contribution >= 4 is 11.6 Å². The van der Waals surface area contributed by atoms with E-state index in [1.807, 2.05) is 32.9 Å². The van der Waals surface area contributed by atoms with Gasteiger partial charge >= 0.3 is 0 Å². The van der Waals surface area contributed by atoms with Crippen LogP contribution in [0.5, 0.6) is 5.75 Å². The number of carbonyl (C=O) groups excluding carboxylic acids is 1. The maximum atomic E-state index is 12.3. The van der Waals surface area contributed by atoms with Crippen molar-refractivity contribution in [2.75, 3.05) is 5.32 Å². The molecular weight excluding hydrogens is 274 g/mol. The molecule has 0 bridgehead atoms. The molecule has 0 aliphatic rings. The van der Waals surface area contributed by atoms with Crippen molar-refractivity contribution in [2.45, 2.75) is 73.1 Å². The molecule has 0 saturated heterocycles. The van der Waals surface area contributed by atoms with E-state index in [0.717, 1.165) is 16.8 Å². The van der Waals surface area contributed by atoms with Crippen molar-refractivity contribution < 1.29 is 9.90 Å². The van der Waals surface area contributed by atoms with Crippen molar-refractivity contribution in [2.24, 2.45) is 5.41 Å². The van der Waals surface area contributed by atoms with Crippen LogP contribution in [0.15, 0.2) is 12.1 Å². The quantitative estimate of drug-likeness (QED) is 0.719. The molecule has 1 aromatic carbocycles. The maximum Gasteiger partial charge on any atom is 0.229 e. The van der Waals surface area contributed by atoms with Crippen LogP contribution in [0.2, 0.25) is 0 Å². The predicted molar refractivity (Wildman–Crippen MR) is 93.6 cm³/mol. The Balaban J connectivity index is 3.46. The first kappa shape index (κ1) is 18.5. The second kappa shape index (κ2) is 5.60. The fourth-order valence-corrected chi connectivity index (χ4v) is 2.17. The van der Waals surface area contributed by atoms with Gasteiger partial charge in [0.25, 0.3) is 0 Å². The third-order valence-electron chi connectivity index (χ3n) is 3.67. The summed E-state index contributed by atoms with van der Waals surface area (Å²) < 4.78 is 0. The molecule has 22 heavy (non-hydrogen) atoms. The number of phenols is 1. The summed E-state index contributed by atoms with van der Waals surface area (Å²) in [5.41, 5.74) is 1.58. The lowest BCUT2D eigenvalue weighted by Crippen LogP contribution is -2.28. The molecule has 1 rings (SSSR count). The average Bonchev–Trinajstić information content (AvgIpc) is 2.26. The molecule has 0 spiro atoms. The number of amides is 1. The van der Waals surface area contributed by atoms with Gasteiger partial charge in [-0.2, -0.15) is 0 Å². The normalized spacial score (nSPS) is 13.1. The standard InChI is InChI=1S/C19H31NO2/c1-17(2,3)13-10-12(20-16(22)19(7,8)9)11-14(15(13)21)18(4,5)6/h10-11,21H,1-9H3,(H,20,22). The first-order valence-electron chi connectivity index (χ1n) is 7.83. The van der Waals surface area contributed by atoms with E-state index in [-0.39, 0.29) is 16.7 Å². The van der Waals surface area contributed by atoms with Crippen molar-refractivity contribution in [3.8, 4) is 5.75 Å². The molecule has 2 N–H and O–H groups in total. The van der Waals surface area contributed by atoms with Crippen LogP contribution in [-0.2, 0) is 15.6 Å². The summed E-state index contributed by atoms with van der Waals surface area (Å²) in [5.74, 6) is 0.298. The monoisotopic (exact) mass is 305 g/mol. The van der Waals surface area contributed by atoms with Crippen molar-refractivity contribution in [3.05, 3.63) is 23.3 Å². The number of hydrogen-bond acceptors (Lipinski definition) is 2. The van der Waals surface area contributed by atoms with Gasteiger partial charge in [-0.25, -0.2) is 0 Å². The second-order valence-corrected chi connectivity index (χ2v) is 9.12. The second-order valence-electron chi connectivity index (χ2n) is 9.12. The van der Waals surface area contributed by atoms with Gasteiger partial charge in [0.05, 0.1) is 0 Å². The lowest BCUT2D eigenvalue weighted by Gasteiger charge is -2.29. The molecule has 0 heterocycles. The molecule has 0 saturated carbocycles. The SMILES string of the molecule is CC(C)(C)C(=O)Nc1cc(C(C)(C)C)c(O)c(C(C)(C)C)c1. The van der Waals surface area contributed by atoms with Crippen LogP contribution in [0.4, 0.5) is 5.69 Å². The van der Waals surface area contributed by atoms with Crippen LogP contribution in [0, 0.1) is 5.41 Å². The third-order valence-corrected chi connectivity index (χ3v) is 3.67. The molecule has 0 aliphatic heterocycles. The van der Waals surface area contributed by atoms with Crippen molar-refractivity contribution in [1.82, 2.24) is 0 Å². The van der Waals surface area contributed by atoms with E-state index in [2.05, 4.69) is 46.9 Å². The van der Waals surface area contributed by atoms with E-state index in [4.69, 9.17) is 0 Å². The molecule has 3 nitrogen and oxygen atoms in total. The zero-order chi connectivity index (χ0) is 17.5. The fourth-order valence-electron chi connectivity index (χ4n) is 2.17. The van der Waals surface area contributed by atoms with E-state index in [0.29, 0.717) is 5.75 Å². The molecule has 3 heteroatoms. The lowest BCUT2D eigenvalue weighted by atomic mass is 9.79. The smallest absolute Gasteiger partial charge is 0.229 e. The van der Waals surface area contributed by atoms with Crippen LogP contribution in [-0.4, -0.2) is 11.0 Å². The summed E-state index contributed by atoms with van der Waals surface area (Å²) in [6, 6.07) is 3.77. The van der Waals surface area contributed by atoms with Crippen LogP contribution < -0.4 is 5.32 Å². The van der Waals surface area contributed by atoms with Crippen LogP contribution >= 0.6 is 0 Å². The van der Waals surface area contributed by atoms with Gasteiger partial charge < -0.3 is 10.4 Å².